The van der Waals surface area contributed by atoms with Crippen molar-refractivity contribution in [2.24, 2.45) is 0 Å². The molecule has 0 aliphatic carbocycles. The highest BCUT2D eigenvalue weighted by Gasteiger charge is 2.33. The molecule has 1 aromatic rings. The normalized spacial score (nSPS) is 20.5. The molecule has 1 aromatic carbocycles. The molecule has 2 aliphatic heterocycles. The SMILES string of the molecule is O=C1c2cc(Cl)ccc2C[C@@H]2CNCCN12.O=CC(F)(F)F. The molecule has 1 atom stereocenters. The number of alkyl halides is 3. The van der Waals surface area contributed by atoms with Crippen molar-refractivity contribution < 1.29 is 22.8 Å². The largest absolute Gasteiger partial charge is 0.446 e. The van der Waals surface area contributed by atoms with Crippen molar-refractivity contribution in [1.82, 2.24) is 10.2 Å². The summed E-state index contributed by atoms with van der Waals surface area (Å²) in [6, 6.07) is 5.94. The smallest absolute Gasteiger partial charge is 0.333 e. The van der Waals surface area contributed by atoms with Crippen molar-refractivity contribution in [3.8, 4) is 0 Å². The number of amides is 1. The van der Waals surface area contributed by atoms with Crippen LogP contribution in [0.15, 0.2) is 18.2 Å². The van der Waals surface area contributed by atoms with Crippen molar-refractivity contribution in [3.05, 3.63) is 34.3 Å². The zero-order valence-corrected chi connectivity index (χ0v) is 12.2. The Bertz CT molecular complexity index is 578. The van der Waals surface area contributed by atoms with E-state index in [4.69, 9.17) is 16.4 Å². The maximum Gasteiger partial charge on any atom is 0.446 e. The topological polar surface area (TPSA) is 49.4 Å². The lowest BCUT2D eigenvalue weighted by atomic mass is 9.92. The Balaban J connectivity index is 0.000000254. The number of hydrogen-bond acceptors (Lipinski definition) is 3. The summed E-state index contributed by atoms with van der Waals surface area (Å²) < 4.78 is 31.2. The minimum absolute atomic E-state index is 0.134. The van der Waals surface area contributed by atoms with E-state index in [1.54, 1.807) is 6.07 Å². The van der Waals surface area contributed by atoms with Crippen LogP contribution < -0.4 is 5.32 Å². The molecule has 0 bridgehead atoms. The number of rotatable bonds is 0. The number of aldehydes is 1. The Hall–Kier alpha value is -1.60. The van der Waals surface area contributed by atoms with Gasteiger partial charge in [-0.25, -0.2) is 0 Å². The average Bonchev–Trinajstić information content (AvgIpc) is 2.48. The van der Waals surface area contributed by atoms with Crippen LogP contribution in [0.1, 0.15) is 15.9 Å². The molecule has 120 valence electrons. The van der Waals surface area contributed by atoms with Crippen LogP contribution in [0, 0.1) is 0 Å². The first-order chi connectivity index (χ1) is 10.3. The number of piperazine rings is 1. The van der Waals surface area contributed by atoms with E-state index < -0.39 is 12.5 Å². The van der Waals surface area contributed by atoms with Gasteiger partial charge in [-0.1, -0.05) is 17.7 Å². The van der Waals surface area contributed by atoms with E-state index in [9.17, 15) is 18.0 Å². The van der Waals surface area contributed by atoms with Gasteiger partial charge in [0.2, 0.25) is 6.29 Å². The molecule has 0 spiro atoms. The van der Waals surface area contributed by atoms with Crippen molar-refractivity contribution in [2.45, 2.75) is 18.6 Å². The molecule has 2 aliphatic rings. The molecule has 0 radical (unpaired) electrons. The molecular weight excluding hydrogens is 321 g/mol. The Morgan fingerprint density at radius 1 is 1.36 bits per heavy atom. The quantitative estimate of drug-likeness (QED) is 0.739. The van der Waals surface area contributed by atoms with Crippen LogP contribution in [-0.2, 0) is 11.2 Å². The van der Waals surface area contributed by atoms with Crippen molar-refractivity contribution in [2.75, 3.05) is 19.6 Å². The van der Waals surface area contributed by atoms with E-state index in [2.05, 4.69) is 5.32 Å². The monoisotopic (exact) mass is 334 g/mol. The third-order valence-electron chi connectivity index (χ3n) is 3.50. The zero-order valence-electron chi connectivity index (χ0n) is 11.5. The Morgan fingerprint density at radius 2 is 2.05 bits per heavy atom. The number of carbonyl (C=O) groups is 2. The minimum atomic E-state index is -4.64. The molecule has 1 fully saturated rings. The molecule has 1 amide bonds. The van der Waals surface area contributed by atoms with Gasteiger partial charge in [-0.15, -0.1) is 0 Å². The van der Waals surface area contributed by atoms with Gasteiger partial charge < -0.3 is 10.2 Å². The lowest BCUT2D eigenvalue weighted by molar-refractivity contribution is -0.156. The first-order valence-electron chi connectivity index (χ1n) is 6.65. The van der Waals surface area contributed by atoms with Gasteiger partial charge in [-0.3, -0.25) is 9.59 Å². The maximum atomic E-state index is 12.2. The van der Waals surface area contributed by atoms with E-state index in [0.717, 1.165) is 37.2 Å². The van der Waals surface area contributed by atoms with Crippen LogP contribution in [0.4, 0.5) is 13.2 Å². The second-order valence-corrected chi connectivity index (χ2v) is 5.46. The molecular formula is C14H14ClF3N2O2. The summed E-state index contributed by atoms with van der Waals surface area (Å²) in [5.74, 6) is 0.134. The fourth-order valence-corrected chi connectivity index (χ4v) is 2.72. The van der Waals surface area contributed by atoms with Gasteiger partial charge in [0.05, 0.1) is 0 Å². The summed E-state index contributed by atoms with van der Waals surface area (Å²) in [6.45, 7) is 2.58. The third-order valence-corrected chi connectivity index (χ3v) is 3.74. The molecule has 8 heteroatoms. The number of nitrogens with one attached hydrogen (secondary N) is 1. The fraction of sp³-hybridized carbons (Fsp3) is 0.429. The van der Waals surface area contributed by atoms with Crippen LogP contribution in [0.25, 0.3) is 0 Å². The van der Waals surface area contributed by atoms with Crippen LogP contribution in [-0.4, -0.2) is 48.9 Å². The van der Waals surface area contributed by atoms with Gasteiger partial charge in [0, 0.05) is 36.3 Å². The van der Waals surface area contributed by atoms with E-state index in [1.807, 2.05) is 17.0 Å². The van der Waals surface area contributed by atoms with E-state index >= 15 is 0 Å². The van der Waals surface area contributed by atoms with Gasteiger partial charge in [-0.05, 0) is 24.1 Å². The zero-order chi connectivity index (χ0) is 16.3. The number of hydrogen-bond donors (Lipinski definition) is 1. The second-order valence-electron chi connectivity index (χ2n) is 5.02. The molecule has 22 heavy (non-hydrogen) atoms. The summed E-state index contributed by atoms with van der Waals surface area (Å²) in [5.41, 5.74) is 1.91. The van der Waals surface area contributed by atoms with Crippen LogP contribution >= 0.6 is 11.6 Å². The van der Waals surface area contributed by atoms with Crippen LogP contribution in [0.5, 0.6) is 0 Å². The number of benzene rings is 1. The fourth-order valence-electron chi connectivity index (χ4n) is 2.55. The standard InChI is InChI=1S/C12H13ClN2O.C2HF3O/c13-9-2-1-8-5-10-7-14-3-4-15(10)12(16)11(8)6-9;3-2(4,5)1-6/h1-2,6,10,14H,3-5,7H2;1H/t10-;/m1./s1. The summed E-state index contributed by atoms with van der Waals surface area (Å²) in [4.78, 5) is 22.9. The third kappa shape index (κ3) is 3.98. The number of carbonyl (C=O) groups excluding carboxylic acids is 2. The van der Waals surface area contributed by atoms with Gasteiger partial charge in [-0.2, -0.15) is 13.2 Å². The molecule has 1 saturated heterocycles. The summed E-state index contributed by atoms with van der Waals surface area (Å²) in [7, 11) is 0. The molecule has 0 saturated carbocycles. The van der Waals surface area contributed by atoms with Gasteiger partial charge >= 0.3 is 6.18 Å². The second kappa shape index (κ2) is 6.66. The molecule has 4 nitrogen and oxygen atoms in total. The molecule has 0 aromatic heterocycles. The highest BCUT2D eigenvalue weighted by atomic mass is 35.5. The van der Waals surface area contributed by atoms with Crippen molar-refractivity contribution in [1.29, 1.82) is 0 Å². The first kappa shape index (κ1) is 16.8. The predicted molar refractivity (Wildman–Crippen MR) is 75.0 cm³/mol. The Kier molecular flexibility index (Phi) is 5.08. The van der Waals surface area contributed by atoms with Gasteiger partial charge in [0.15, 0.2) is 0 Å². The highest BCUT2D eigenvalue weighted by molar-refractivity contribution is 6.31. The predicted octanol–water partition coefficient (Wildman–Crippen LogP) is 2.06. The van der Waals surface area contributed by atoms with E-state index in [1.165, 1.54) is 0 Å². The van der Waals surface area contributed by atoms with Crippen LogP contribution in [0.2, 0.25) is 5.02 Å². The number of fused-ring (bicyclic) bond motifs is 2. The molecule has 1 N–H and O–H groups in total. The maximum absolute atomic E-state index is 12.2. The van der Waals surface area contributed by atoms with Crippen molar-refractivity contribution >= 4 is 23.8 Å². The Labute approximate surface area is 130 Å². The summed E-state index contributed by atoms with van der Waals surface area (Å²) >= 11 is 5.93. The van der Waals surface area contributed by atoms with E-state index in [-0.39, 0.29) is 5.91 Å². The molecule has 3 rings (SSSR count). The first-order valence-corrected chi connectivity index (χ1v) is 7.03. The van der Waals surface area contributed by atoms with Crippen LogP contribution in [0.3, 0.4) is 0 Å². The Morgan fingerprint density at radius 3 is 2.68 bits per heavy atom. The minimum Gasteiger partial charge on any atom is -0.333 e. The lowest BCUT2D eigenvalue weighted by Crippen LogP contribution is -2.56. The molecule has 2 heterocycles. The molecule has 0 unspecified atom stereocenters. The van der Waals surface area contributed by atoms with E-state index in [0.29, 0.717) is 11.1 Å². The number of nitrogens with zero attached hydrogens (tertiary/aromatic N) is 1. The highest BCUT2D eigenvalue weighted by Crippen LogP contribution is 2.26. The van der Waals surface area contributed by atoms with Gasteiger partial charge in [0.1, 0.15) is 0 Å². The van der Waals surface area contributed by atoms with Crippen molar-refractivity contribution in [3.63, 3.8) is 0 Å². The summed E-state index contributed by atoms with van der Waals surface area (Å²) in [5, 5.41) is 3.97. The average molecular weight is 335 g/mol. The number of halogens is 4. The van der Waals surface area contributed by atoms with Gasteiger partial charge in [0.25, 0.3) is 5.91 Å². The summed E-state index contributed by atoms with van der Waals surface area (Å²) in [6.07, 6.45) is -4.77. The lowest BCUT2D eigenvalue weighted by Gasteiger charge is -2.40.